The molecule has 92 valence electrons. The average molecular weight is 252 g/mol. The second-order valence-electron chi connectivity index (χ2n) is 4.76. The van der Waals surface area contributed by atoms with Crippen LogP contribution in [0.15, 0.2) is 18.2 Å². The highest BCUT2D eigenvalue weighted by molar-refractivity contribution is 6.31. The van der Waals surface area contributed by atoms with Crippen molar-refractivity contribution in [2.75, 3.05) is 5.32 Å². The van der Waals surface area contributed by atoms with Crippen LogP contribution in [0.4, 0.5) is 5.69 Å². The molecule has 1 aliphatic rings. The first-order valence-corrected chi connectivity index (χ1v) is 6.61. The van der Waals surface area contributed by atoms with E-state index >= 15 is 0 Å². The fraction of sp³-hybridized carbons (Fsp3) is 0.500. The summed E-state index contributed by atoms with van der Waals surface area (Å²) in [5.74, 6) is 0.0548. The Balaban J connectivity index is 2.11. The number of rotatable bonds is 3. The van der Waals surface area contributed by atoms with Crippen molar-refractivity contribution in [3.05, 3.63) is 28.8 Å². The van der Waals surface area contributed by atoms with Crippen molar-refractivity contribution >= 4 is 23.1 Å². The zero-order chi connectivity index (χ0) is 12.3. The fourth-order valence-electron chi connectivity index (χ4n) is 2.36. The van der Waals surface area contributed by atoms with Gasteiger partial charge in [0.25, 0.3) is 0 Å². The minimum Gasteiger partial charge on any atom is -0.382 e. The Labute approximate surface area is 107 Å². The second-order valence-corrected chi connectivity index (χ2v) is 5.20. The molecule has 3 heteroatoms. The lowest BCUT2D eigenvalue weighted by molar-refractivity contribution is 0.101. The maximum absolute atomic E-state index is 11.4. The maximum atomic E-state index is 11.4. The smallest absolute Gasteiger partial charge is 0.159 e. The zero-order valence-electron chi connectivity index (χ0n) is 10.1. The normalized spacial score (nSPS) is 16.8. The zero-order valence-corrected chi connectivity index (χ0v) is 10.9. The molecule has 0 aliphatic heterocycles. The number of anilines is 1. The number of benzene rings is 1. The monoisotopic (exact) mass is 251 g/mol. The van der Waals surface area contributed by atoms with Crippen molar-refractivity contribution in [3.8, 4) is 0 Å². The molecule has 0 spiro atoms. The topological polar surface area (TPSA) is 29.1 Å². The van der Waals surface area contributed by atoms with Gasteiger partial charge in [-0.05, 0) is 38.0 Å². The van der Waals surface area contributed by atoms with E-state index in [1.807, 2.05) is 12.1 Å². The number of ketones is 1. The van der Waals surface area contributed by atoms with Gasteiger partial charge in [0.15, 0.2) is 5.78 Å². The predicted octanol–water partition coefficient (Wildman–Crippen LogP) is 4.29. The first kappa shape index (κ1) is 12.4. The van der Waals surface area contributed by atoms with Gasteiger partial charge in [0.2, 0.25) is 0 Å². The molecule has 1 aromatic rings. The lowest BCUT2D eigenvalue weighted by atomic mass is 9.95. The van der Waals surface area contributed by atoms with Crippen LogP contribution in [0.25, 0.3) is 0 Å². The number of nitrogens with one attached hydrogen (secondary N) is 1. The minimum atomic E-state index is 0.0548. The summed E-state index contributed by atoms with van der Waals surface area (Å²) in [6.45, 7) is 1.57. The van der Waals surface area contributed by atoms with Gasteiger partial charge in [-0.15, -0.1) is 0 Å². The van der Waals surface area contributed by atoms with Crippen LogP contribution < -0.4 is 5.32 Å². The van der Waals surface area contributed by atoms with Crippen LogP contribution in [0.3, 0.4) is 0 Å². The standard InChI is InChI=1S/C14H18ClNO/c1-10(17)11-7-12(15)9-14(8-11)16-13-5-3-2-4-6-13/h7-9,13,16H,2-6H2,1H3. The Hall–Kier alpha value is -1.02. The Bertz CT molecular complexity index is 411. The summed E-state index contributed by atoms with van der Waals surface area (Å²) in [4.78, 5) is 11.4. The first-order chi connectivity index (χ1) is 8.15. The van der Waals surface area contributed by atoms with Crippen molar-refractivity contribution < 1.29 is 4.79 Å². The van der Waals surface area contributed by atoms with Crippen LogP contribution in [0.1, 0.15) is 49.4 Å². The summed E-state index contributed by atoms with van der Waals surface area (Å²) >= 11 is 6.02. The van der Waals surface area contributed by atoms with E-state index in [2.05, 4.69) is 5.32 Å². The third-order valence-corrected chi connectivity index (χ3v) is 3.50. The summed E-state index contributed by atoms with van der Waals surface area (Å²) in [5.41, 5.74) is 1.64. The highest BCUT2D eigenvalue weighted by Gasteiger charge is 2.13. The molecule has 0 unspecified atom stereocenters. The summed E-state index contributed by atoms with van der Waals surface area (Å²) in [6.07, 6.45) is 6.34. The Morgan fingerprint density at radius 2 is 1.94 bits per heavy atom. The molecule has 1 aliphatic carbocycles. The number of hydrogen-bond donors (Lipinski definition) is 1. The van der Waals surface area contributed by atoms with Crippen LogP contribution in [-0.4, -0.2) is 11.8 Å². The quantitative estimate of drug-likeness (QED) is 0.812. The van der Waals surface area contributed by atoms with E-state index < -0.39 is 0 Å². The molecule has 0 bridgehead atoms. The lowest BCUT2D eigenvalue weighted by Gasteiger charge is -2.24. The van der Waals surface area contributed by atoms with E-state index in [1.54, 1.807) is 13.0 Å². The van der Waals surface area contributed by atoms with Crippen LogP contribution in [0.5, 0.6) is 0 Å². The third-order valence-electron chi connectivity index (χ3n) is 3.28. The molecular weight excluding hydrogens is 234 g/mol. The molecule has 1 saturated carbocycles. The molecule has 0 radical (unpaired) electrons. The van der Waals surface area contributed by atoms with E-state index in [9.17, 15) is 4.79 Å². The van der Waals surface area contributed by atoms with E-state index in [0.717, 1.165) is 5.69 Å². The summed E-state index contributed by atoms with van der Waals surface area (Å²) in [6, 6.07) is 6.03. The summed E-state index contributed by atoms with van der Waals surface area (Å²) in [7, 11) is 0. The first-order valence-electron chi connectivity index (χ1n) is 6.23. The number of carbonyl (C=O) groups is 1. The Kier molecular flexibility index (Phi) is 4.06. The molecule has 1 fully saturated rings. The summed E-state index contributed by atoms with van der Waals surface area (Å²) in [5, 5.41) is 4.10. The van der Waals surface area contributed by atoms with Gasteiger partial charge in [0.1, 0.15) is 0 Å². The number of carbonyl (C=O) groups excluding carboxylic acids is 1. The van der Waals surface area contributed by atoms with E-state index in [-0.39, 0.29) is 5.78 Å². The van der Waals surface area contributed by atoms with Crippen molar-refractivity contribution in [2.24, 2.45) is 0 Å². The van der Waals surface area contributed by atoms with E-state index in [1.165, 1.54) is 32.1 Å². The third kappa shape index (κ3) is 3.47. The van der Waals surface area contributed by atoms with Crippen LogP contribution in [-0.2, 0) is 0 Å². The van der Waals surface area contributed by atoms with Gasteiger partial charge >= 0.3 is 0 Å². The van der Waals surface area contributed by atoms with Gasteiger partial charge in [0.05, 0.1) is 0 Å². The number of hydrogen-bond acceptors (Lipinski definition) is 2. The van der Waals surface area contributed by atoms with Gasteiger partial charge in [-0.1, -0.05) is 30.9 Å². The highest BCUT2D eigenvalue weighted by atomic mass is 35.5. The van der Waals surface area contributed by atoms with E-state index in [4.69, 9.17) is 11.6 Å². The molecule has 2 nitrogen and oxygen atoms in total. The minimum absolute atomic E-state index is 0.0548. The van der Waals surface area contributed by atoms with Crippen molar-refractivity contribution in [1.29, 1.82) is 0 Å². The van der Waals surface area contributed by atoms with Crippen LogP contribution >= 0.6 is 11.6 Å². The van der Waals surface area contributed by atoms with Gasteiger partial charge in [-0.25, -0.2) is 0 Å². The van der Waals surface area contributed by atoms with Gasteiger partial charge in [-0.3, -0.25) is 4.79 Å². The summed E-state index contributed by atoms with van der Waals surface area (Å²) < 4.78 is 0. The molecule has 1 N–H and O–H groups in total. The molecule has 0 aromatic heterocycles. The molecule has 1 aromatic carbocycles. The molecule has 0 amide bonds. The lowest BCUT2D eigenvalue weighted by Crippen LogP contribution is -2.22. The largest absolute Gasteiger partial charge is 0.382 e. The molecule has 17 heavy (non-hydrogen) atoms. The molecule has 2 rings (SSSR count). The Morgan fingerprint density at radius 1 is 1.24 bits per heavy atom. The van der Waals surface area contributed by atoms with Gasteiger partial charge < -0.3 is 5.32 Å². The van der Waals surface area contributed by atoms with Crippen molar-refractivity contribution in [2.45, 2.75) is 45.1 Å². The number of halogens is 1. The van der Waals surface area contributed by atoms with Crippen molar-refractivity contribution in [3.63, 3.8) is 0 Å². The SMILES string of the molecule is CC(=O)c1cc(Cl)cc(NC2CCCCC2)c1. The molecule has 0 atom stereocenters. The Morgan fingerprint density at radius 3 is 2.59 bits per heavy atom. The average Bonchev–Trinajstić information content (AvgIpc) is 2.29. The second kappa shape index (κ2) is 5.54. The maximum Gasteiger partial charge on any atom is 0.159 e. The van der Waals surface area contributed by atoms with Crippen molar-refractivity contribution in [1.82, 2.24) is 0 Å². The highest BCUT2D eigenvalue weighted by Crippen LogP contribution is 2.24. The van der Waals surface area contributed by atoms with E-state index in [0.29, 0.717) is 16.6 Å². The fourth-order valence-corrected chi connectivity index (χ4v) is 2.59. The number of Topliss-reactive ketones (excluding diaryl/α,β-unsaturated/α-hetero) is 1. The molecule has 0 heterocycles. The van der Waals surface area contributed by atoms with Crippen LogP contribution in [0, 0.1) is 0 Å². The van der Waals surface area contributed by atoms with Gasteiger partial charge in [-0.2, -0.15) is 0 Å². The van der Waals surface area contributed by atoms with Gasteiger partial charge in [0, 0.05) is 22.3 Å². The molecular formula is C14H18ClNO. The predicted molar refractivity (Wildman–Crippen MR) is 72.0 cm³/mol. The molecule has 0 saturated heterocycles. The van der Waals surface area contributed by atoms with Crippen LogP contribution in [0.2, 0.25) is 5.02 Å².